The Morgan fingerprint density at radius 2 is 2.31 bits per heavy atom. The summed E-state index contributed by atoms with van der Waals surface area (Å²) in [6, 6.07) is 0.554. The van der Waals surface area contributed by atoms with Gasteiger partial charge in [-0.15, -0.1) is 0 Å². The third-order valence-corrected chi connectivity index (χ3v) is 3.13. The fraction of sp³-hybridized carbons (Fsp3) is 0.818. The van der Waals surface area contributed by atoms with E-state index in [1.807, 2.05) is 0 Å². The fourth-order valence-electron chi connectivity index (χ4n) is 2.40. The lowest BCUT2D eigenvalue weighted by atomic mass is 9.80. The highest BCUT2D eigenvalue weighted by atomic mass is 16.5. The molecule has 0 aromatic rings. The highest BCUT2D eigenvalue weighted by Gasteiger charge is 2.34. The second kappa shape index (κ2) is 3.81. The van der Waals surface area contributed by atoms with E-state index >= 15 is 0 Å². The van der Waals surface area contributed by atoms with Crippen molar-refractivity contribution in [3.8, 4) is 0 Å². The summed E-state index contributed by atoms with van der Waals surface area (Å²) in [6.07, 6.45) is 6.14. The van der Waals surface area contributed by atoms with Crippen molar-refractivity contribution in [2.45, 2.75) is 32.4 Å². The first-order valence-corrected chi connectivity index (χ1v) is 5.30. The van der Waals surface area contributed by atoms with Gasteiger partial charge in [0.25, 0.3) is 0 Å². The van der Waals surface area contributed by atoms with Crippen LogP contribution >= 0.6 is 0 Å². The summed E-state index contributed by atoms with van der Waals surface area (Å²) in [5, 5.41) is 3.58. The summed E-state index contributed by atoms with van der Waals surface area (Å²) in [7, 11) is 0. The number of rotatable bonds is 1. The molecule has 1 N–H and O–H groups in total. The van der Waals surface area contributed by atoms with Gasteiger partial charge in [-0.2, -0.15) is 0 Å². The predicted molar refractivity (Wildman–Crippen MR) is 53.6 cm³/mol. The maximum Gasteiger partial charge on any atom is 0.0768 e. The van der Waals surface area contributed by atoms with Crippen LogP contribution in [0.3, 0.4) is 0 Å². The summed E-state index contributed by atoms with van der Waals surface area (Å²) in [5.41, 5.74) is 0. The van der Waals surface area contributed by atoms with Crippen LogP contribution in [0.1, 0.15) is 20.3 Å². The van der Waals surface area contributed by atoms with Crippen molar-refractivity contribution in [2.75, 3.05) is 13.2 Å². The molecule has 2 nitrogen and oxygen atoms in total. The summed E-state index contributed by atoms with van der Waals surface area (Å²) in [6.45, 7) is 6.46. The average Bonchev–Trinajstić information content (AvgIpc) is 2.17. The van der Waals surface area contributed by atoms with Crippen molar-refractivity contribution in [1.82, 2.24) is 5.32 Å². The quantitative estimate of drug-likeness (QED) is 0.620. The van der Waals surface area contributed by atoms with Gasteiger partial charge in [0, 0.05) is 12.6 Å². The molecule has 2 heteroatoms. The lowest BCUT2D eigenvalue weighted by molar-refractivity contribution is -0.0228. The molecule has 0 bridgehead atoms. The molecule has 3 atom stereocenters. The minimum Gasteiger partial charge on any atom is -0.375 e. The summed E-state index contributed by atoms with van der Waals surface area (Å²) in [4.78, 5) is 0. The van der Waals surface area contributed by atoms with Crippen LogP contribution in [0.15, 0.2) is 12.2 Å². The van der Waals surface area contributed by atoms with Crippen molar-refractivity contribution in [3.05, 3.63) is 12.2 Å². The Morgan fingerprint density at radius 1 is 1.46 bits per heavy atom. The van der Waals surface area contributed by atoms with Crippen LogP contribution in [0.5, 0.6) is 0 Å². The fourth-order valence-corrected chi connectivity index (χ4v) is 2.40. The molecule has 0 aromatic heterocycles. The van der Waals surface area contributed by atoms with Crippen LogP contribution in [-0.4, -0.2) is 25.3 Å². The van der Waals surface area contributed by atoms with Crippen molar-refractivity contribution >= 4 is 0 Å². The molecule has 1 saturated heterocycles. The lowest BCUT2D eigenvalue weighted by Crippen LogP contribution is -2.54. The van der Waals surface area contributed by atoms with Crippen LogP contribution < -0.4 is 5.32 Å². The number of fused-ring (bicyclic) bond motifs is 1. The van der Waals surface area contributed by atoms with E-state index in [0.717, 1.165) is 19.6 Å². The highest BCUT2D eigenvalue weighted by Crippen LogP contribution is 2.28. The average molecular weight is 181 g/mol. The van der Waals surface area contributed by atoms with E-state index in [9.17, 15) is 0 Å². The van der Waals surface area contributed by atoms with Gasteiger partial charge >= 0.3 is 0 Å². The molecule has 1 fully saturated rings. The molecule has 0 radical (unpaired) electrons. The van der Waals surface area contributed by atoms with Gasteiger partial charge in [0.15, 0.2) is 0 Å². The molecule has 0 aromatic carbocycles. The first-order valence-electron chi connectivity index (χ1n) is 5.30. The minimum atomic E-state index is 0.422. The zero-order valence-electron chi connectivity index (χ0n) is 8.49. The van der Waals surface area contributed by atoms with Gasteiger partial charge in [0.1, 0.15) is 0 Å². The van der Waals surface area contributed by atoms with Crippen molar-refractivity contribution in [1.29, 1.82) is 0 Å². The molecule has 2 rings (SSSR count). The normalized spacial score (nSPS) is 39.2. The highest BCUT2D eigenvalue weighted by molar-refractivity contribution is 5.06. The molecular weight excluding hydrogens is 162 g/mol. The molecule has 0 spiro atoms. The molecule has 74 valence electrons. The molecule has 3 unspecified atom stereocenters. The Hall–Kier alpha value is -0.340. The molecule has 1 aliphatic carbocycles. The SMILES string of the molecule is CC(C)C1C=CCC2OCCNC21. The standard InChI is InChI=1S/C11H19NO/c1-8(2)9-4-3-5-10-11(9)12-6-7-13-10/h3-4,8-12H,5-7H2,1-2H3. The number of morpholine rings is 1. The zero-order valence-corrected chi connectivity index (χ0v) is 8.49. The number of nitrogens with one attached hydrogen (secondary N) is 1. The zero-order chi connectivity index (χ0) is 9.26. The molecule has 1 heterocycles. The van der Waals surface area contributed by atoms with Crippen molar-refractivity contribution < 1.29 is 4.74 Å². The maximum absolute atomic E-state index is 5.75. The minimum absolute atomic E-state index is 0.422. The van der Waals surface area contributed by atoms with Gasteiger partial charge in [-0.05, 0) is 18.3 Å². The Balaban J connectivity index is 2.10. The maximum atomic E-state index is 5.75. The molecule has 0 saturated carbocycles. The summed E-state index contributed by atoms with van der Waals surface area (Å²) < 4.78 is 5.75. The molecular formula is C11H19NO. The summed E-state index contributed by atoms with van der Waals surface area (Å²) >= 11 is 0. The van der Waals surface area contributed by atoms with Gasteiger partial charge in [-0.3, -0.25) is 0 Å². The van der Waals surface area contributed by atoms with E-state index in [1.54, 1.807) is 0 Å². The molecule has 13 heavy (non-hydrogen) atoms. The second-order valence-corrected chi connectivity index (χ2v) is 4.37. The Labute approximate surface area is 80.4 Å². The Kier molecular flexibility index (Phi) is 2.70. The van der Waals surface area contributed by atoms with Crippen LogP contribution in [-0.2, 0) is 4.74 Å². The largest absolute Gasteiger partial charge is 0.375 e. The van der Waals surface area contributed by atoms with Gasteiger partial charge in [0.2, 0.25) is 0 Å². The van der Waals surface area contributed by atoms with Crippen molar-refractivity contribution in [3.63, 3.8) is 0 Å². The molecule has 1 aliphatic heterocycles. The van der Waals surface area contributed by atoms with Gasteiger partial charge in [-0.1, -0.05) is 26.0 Å². The molecule has 2 aliphatic rings. The predicted octanol–water partition coefficient (Wildman–Crippen LogP) is 1.58. The van der Waals surface area contributed by atoms with Crippen LogP contribution in [0.4, 0.5) is 0 Å². The number of hydrogen-bond acceptors (Lipinski definition) is 2. The monoisotopic (exact) mass is 181 g/mol. The van der Waals surface area contributed by atoms with E-state index in [0.29, 0.717) is 24.0 Å². The van der Waals surface area contributed by atoms with Crippen molar-refractivity contribution in [2.24, 2.45) is 11.8 Å². The van der Waals surface area contributed by atoms with E-state index < -0.39 is 0 Å². The van der Waals surface area contributed by atoms with Gasteiger partial charge < -0.3 is 10.1 Å². The smallest absolute Gasteiger partial charge is 0.0768 e. The van der Waals surface area contributed by atoms with Crippen LogP contribution in [0, 0.1) is 11.8 Å². The second-order valence-electron chi connectivity index (χ2n) is 4.37. The Morgan fingerprint density at radius 3 is 3.08 bits per heavy atom. The van der Waals surface area contributed by atoms with E-state index in [1.165, 1.54) is 0 Å². The van der Waals surface area contributed by atoms with E-state index in [2.05, 4.69) is 31.3 Å². The third kappa shape index (κ3) is 1.79. The van der Waals surface area contributed by atoms with Gasteiger partial charge in [-0.25, -0.2) is 0 Å². The number of ether oxygens (including phenoxy) is 1. The van der Waals surface area contributed by atoms with E-state index in [-0.39, 0.29) is 0 Å². The number of hydrogen-bond donors (Lipinski definition) is 1. The third-order valence-electron chi connectivity index (χ3n) is 3.13. The van der Waals surface area contributed by atoms with Crippen LogP contribution in [0.2, 0.25) is 0 Å². The molecule has 0 amide bonds. The topological polar surface area (TPSA) is 21.3 Å². The lowest BCUT2D eigenvalue weighted by Gasteiger charge is -2.40. The first-order chi connectivity index (χ1) is 6.29. The van der Waals surface area contributed by atoms with Gasteiger partial charge in [0.05, 0.1) is 12.7 Å². The van der Waals surface area contributed by atoms with E-state index in [4.69, 9.17) is 4.74 Å². The first kappa shape index (κ1) is 9.22. The van der Waals surface area contributed by atoms with Crippen LogP contribution in [0.25, 0.3) is 0 Å². The Bertz CT molecular complexity index is 200. The summed E-state index contributed by atoms with van der Waals surface area (Å²) in [5.74, 6) is 1.36.